The van der Waals surface area contributed by atoms with Crippen LogP contribution in [-0.2, 0) is 14.4 Å². The average molecular weight is 332 g/mol. The van der Waals surface area contributed by atoms with Crippen molar-refractivity contribution in [1.82, 2.24) is 4.90 Å². The van der Waals surface area contributed by atoms with Gasteiger partial charge in [0.05, 0.1) is 18.7 Å². The summed E-state index contributed by atoms with van der Waals surface area (Å²) in [5, 5.41) is 0. The summed E-state index contributed by atoms with van der Waals surface area (Å²) < 4.78 is 5.51. The highest BCUT2D eigenvalue weighted by molar-refractivity contribution is 6.23. The van der Waals surface area contributed by atoms with Crippen molar-refractivity contribution in [2.45, 2.75) is 46.1 Å². The lowest BCUT2D eigenvalue weighted by Crippen LogP contribution is -2.44. The summed E-state index contributed by atoms with van der Waals surface area (Å²) in [6.45, 7) is 6.47. The number of imide groups is 1. The normalized spacial score (nSPS) is 17.3. The van der Waals surface area contributed by atoms with Crippen molar-refractivity contribution < 1.29 is 19.1 Å². The van der Waals surface area contributed by atoms with Gasteiger partial charge in [-0.25, -0.2) is 4.90 Å². The summed E-state index contributed by atoms with van der Waals surface area (Å²) in [5.74, 6) is -0.110. The molecule has 6 nitrogen and oxygen atoms in total. The Morgan fingerprint density at radius 1 is 1.21 bits per heavy atom. The molecule has 6 heteroatoms. The van der Waals surface area contributed by atoms with Crippen molar-refractivity contribution in [3.63, 3.8) is 0 Å². The van der Waals surface area contributed by atoms with Gasteiger partial charge in [-0.2, -0.15) is 0 Å². The molecular formula is C18H24N2O4. The van der Waals surface area contributed by atoms with Gasteiger partial charge < -0.3 is 9.64 Å². The minimum atomic E-state index is -0.703. The maximum absolute atomic E-state index is 12.7. The third-order valence-electron chi connectivity index (χ3n) is 3.94. The van der Waals surface area contributed by atoms with Gasteiger partial charge in [-0.3, -0.25) is 14.4 Å². The second-order valence-corrected chi connectivity index (χ2v) is 5.84. The van der Waals surface area contributed by atoms with Crippen molar-refractivity contribution in [2.75, 3.05) is 18.1 Å². The number of amides is 3. The van der Waals surface area contributed by atoms with E-state index in [-0.39, 0.29) is 24.1 Å². The van der Waals surface area contributed by atoms with E-state index in [1.165, 1.54) is 16.7 Å². The number of nitrogens with zero attached hydrogens (tertiary/aromatic N) is 2. The number of benzene rings is 1. The number of carbonyl (C=O) groups is 3. The van der Waals surface area contributed by atoms with Crippen LogP contribution in [-0.4, -0.2) is 41.8 Å². The van der Waals surface area contributed by atoms with Crippen LogP contribution in [0.25, 0.3) is 0 Å². The highest BCUT2D eigenvalue weighted by atomic mass is 16.5. The molecule has 0 aromatic heterocycles. The average Bonchev–Trinajstić information content (AvgIpc) is 2.85. The van der Waals surface area contributed by atoms with Crippen LogP contribution in [0, 0.1) is 0 Å². The van der Waals surface area contributed by atoms with Gasteiger partial charge in [0.15, 0.2) is 0 Å². The summed E-state index contributed by atoms with van der Waals surface area (Å²) in [4.78, 5) is 39.4. The molecule has 1 aromatic carbocycles. The highest BCUT2D eigenvalue weighted by Gasteiger charge is 2.43. The smallest absolute Gasteiger partial charge is 0.257 e. The fourth-order valence-corrected chi connectivity index (χ4v) is 2.82. The van der Waals surface area contributed by atoms with Gasteiger partial charge in [0.1, 0.15) is 11.8 Å². The van der Waals surface area contributed by atoms with Crippen LogP contribution in [0.1, 0.15) is 40.0 Å². The van der Waals surface area contributed by atoms with Gasteiger partial charge in [0.25, 0.3) is 5.91 Å². The Morgan fingerprint density at radius 2 is 1.88 bits per heavy atom. The molecule has 0 bridgehead atoms. The van der Waals surface area contributed by atoms with E-state index in [1.54, 1.807) is 24.3 Å². The molecular weight excluding hydrogens is 308 g/mol. The van der Waals surface area contributed by atoms with Crippen molar-refractivity contribution >= 4 is 23.4 Å². The molecule has 1 fully saturated rings. The van der Waals surface area contributed by atoms with E-state index in [2.05, 4.69) is 0 Å². The summed E-state index contributed by atoms with van der Waals surface area (Å²) in [7, 11) is 0. The van der Waals surface area contributed by atoms with Crippen LogP contribution in [0.2, 0.25) is 0 Å². The zero-order chi connectivity index (χ0) is 17.7. The zero-order valence-electron chi connectivity index (χ0n) is 14.4. The second kappa shape index (κ2) is 7.95. The van der Waals surface area contributed by atoms with E-state index in [1.807, 2.05) is 13.8 Å². The highest BCUT2D eigenvalue weighted by Crippen LogP contribution is 2.27. The number of hydrogen-bond acceptors (Lipinski definition) is 4. The molecule has 0 unspecified atom stereocenters. The molecule has 1 aliphatic heterocycles. The lowest BCUT2D eigenvalue weighted by atomic mass is 10.2. The number of anilines is 1. The van der Waals surface area contributed by atoms with Crippen LogP contribution < -0.4 is 9.64 Å². The molecule has 0 saturated carbocycles. The first-order valence-electron chi connectivity index (χ1n) is 8.36. The van der Waals surface area contributed by atoms with Crippen LogP contribution in [0.3, 0.4) is 0 Å². The molecule has 0 N–H and O–H groups in total. The number of rotatable bonds is 7. The molecule has 1 aromatic rings. The summed E-state index contributed by atoms with van der Waals surface area (Å²) >= 11 is 0. The maximum atomic E-state index is 12.7. The largest absolute Gasteiger partial charge is 0.494 e. The molecule has 0 radical (unpaired) electrons. The monoisotopic (exact) mass is 332 g/mol. The zero-order valence-corrected chi connectivity index (χ0v) is 14.4. The fourth-order valence-electron chi connectivity index (χ4n) is 2.82. The SMILES string of the molecule is CCCOc1ccc(N2C(=O)C[C@H](N(CCC)C(C)=O)C2=O)cc1. The van der Waals surface area contributed by atoms with E-state index < -0.39 is 6.04 Å². The summed E-state index contributed by atoms with van der Waals surface area (Å²) in [6, 6.07) is 6.18. The van der Waals surface area contributed by atoms with E-state index in [9.17, 15) is 14.4 Å². The van der Waals surface area contributed by atoms with Gasteiger partial charge in [0.2, 0.25) is 11.8 Å². The molecule has 24 heavy (non-hydrogen) atoms. The van der Waals surface area contributed by atoms with E-state index in [0.29, 0.717) is 24.6 Å². The summed E-state index contributed by atoms with van der Waals surface area (Å²) in [6.07, 6.45) is 1.68. The maximum Gasteiger partial charge on any atom is 0.257 e. The predicted molar refractivity (Wildman–Crippen MR) is 90.8 cm³/mol. The molecule has 1 heterocycles. The van der Waals surface area contributed by atoms with Crippen molar-refractivity contribution in [2.24, 2.45) is 0 Å². The van der Waals surface area contributed by atoms with E-state index in [0.717, 1.165) is 12.8 Å². The molecule has 1 atom stereocenters. The Bertz CT molecular complexity index is 612. The Labute approximate surface area is 142 Å². The van der Waals surface area contributed by atoms with Crippen molar-refractivity contribution in [1.29, 1.82) is 0 Å². The van der Waals surface area contributed by atoms with Gasteiger partial charge in [-0.15, -0.1) is 0 Å². The van der Waals surface area contributed by atoms with Crippen LogP contribution in [0.4, 0.5) is 5.69 Å². The number of hydrogen-bond donors (Lipinski definition) is 0. The lowest BCUT2D eigenvalue weighted by molar-refractivity contribution is -0.136. The lowest BCUT2D eigenvalue weighted by Gasteiger charge is -2.25. The van der Waals surface area contributed by atoms with Gasteiger partial charge in [-0.1, -0.05) is 13.8 Å². The van der Waals surface area contributed by atoms with Crippen LogP contribution in [0.5, 0.6) is 5.75 Å². The van der Waals surface area contributed by atoms with Crippen molar-refractivity contribution in [3.05, 3.63) is 24.3 Å². The minimum absolute atomic E-state index is 0.0342. The second-order valence-electron chi connectivity index (χ2n) is 5.84. The molecule has 130 valence electrons. The first-order chi connectivity index (χ1) is 11.5. The first kappa shape index (κ1) is 18.0. The molecule has 0 aliphatic carbocycles. The van der Waals surface area contributed by atoms with Gasteiger partial charge in [-0.05, 0) is 37.1 Å². The molecule has 1 aliphatic rings. The Kier molecular flexibility index (Phi) is 5.95. The van der Waals surface area contributed by atoms with E-state index in [4.69, 9.17) is 4.74 Å². The predicted octanol–water partition coefficient (Wildman–Crippen LogP) is 2.37. The third-order valence-corrected chi connectivity index (χ3v) is 3.94. The van der Waals surface area contributed by atoms with E-state index >= 15 is 0 Å². The van der Waals surface area contributed by atoms with Gasteiger partial charge >= 0.3 is 0 Å². The molecule has 3 amide bonds. The molecule has 0 spiro atoms. The van der Waals surface area contributed by atoms with Crippen molar-refractivity contribution in [3.8, 4) is 5.75 Å². The number of carbonyl (C=O) groups excluding carboxylic acids is 3. The Balaban J connectivity index is 2.17. The first-order valence-corrected chi connectivity index (χ1v) is 8.36. The topological polar surface area (TPSA) is 66.9 Å². The molecule has 2 rings (SSSR count). The third kappa shape index (κ3) is 3.75. The molecule has 1 saturated heterocycles. The Hall–Kier alpha value is -2.37. The minimum Gasteiger partial charge on any atom is -0.494 e. The number of ether oxygens (including phenoxy) is 1. The summed E-state index contributed by atoms with van der Waals surface area (Å²) in [5.41, 5.74) is 0.511. The fraction of sp³-hybridized carbons (Fsp3) is 0.500. The quantitative estimate of drug-likeness (QED) is 0.719. The van der Waals surface area contributed by atoms with Crippen LogP contribution >= 0.6 is 0 Å². The van der Waals surface area contributed by atoms with Crippen LogP contribution in [0.15, 0.2) is 24.3 Å². The van der Waals surface area contributed by atoms with Gasteiger partial charge in [0, 0.05) is 13.5 Å². The standard InChI is InChI=1S/C18H24N2O4/c1-4-10-19(13(3)21)16-12-17(22)20(18(16)23)14-6-8-15(9-7-14)24-11-5-2/h6-9,16H,4-5,10-12H2,1-3H3/t16-/m0/s1. The Morgan fingerprint density at radius 3 is 2.42 bits per heavy atom.